The summed E-state index contributed by atoms with van der Waals surface area (Å²) in [6, 6.07) is 11.3. The molecule has 29 heavy (non-hydrogen) atoms. The number of nitro groups is 1. The topological polar surface area (TPSA) is 123 Å². The van der Waals surface area contributed by atoms with Crippen molar-refractivity contribution in [1.29, 1.82) is 0 Å². The third-order valence-electron chi connectivity index (χ3n) is 4.02. The molecule has 2 N–H and O–H groups in total. The zero-order valence-corrected chi connectivity index (χ0v) is 16.4. The van der Waals surface area contributed by atoms with Gasteiger partial charge in [0.05, 0.1) is 30.6 Å². The molecule has 2 aromatic carbocycles. The normalized spacial score (nSPS) is 10.9. The molecule has 9 heteroatoms. The number of aryl methyl sites for hydroxylation is 1. The summed E-state index contributed by atoms with van der Waals surface area (Å²) >= 11 is 0. The van der Waals surface area contributed by atoms with Gasteiger partial charge in [-0.1, -0.05) is 18.2 Å². The fraction of sp³-hybridized carbons (Fsp3) is 0.250. The molecular weight excluding hydrogens is 376 g/mol. The van der Waals surface area contributed by atoms with E-state index in [4.69, 9.17) is 4.74 Å². The van der Waals surface area contributed by atoms with Crippen LogP contribution < -0.4 is 15.5 Å². The number of anilines is 1. The third kappa shape index (κ3) is 6.73. The van der Waals surface area contributed by atoms with Crippen LogP contribution in [-0.4, -0.2) is 29.6 Å². The molecule has 0 heterocycles. The van der Waals surface area contributed by atoms with Gasteiger partial charge in [-0.25, -0.2) is 5.43 Å². The monoisotopic (exact) mass is 398 g/mol. The number of hydrogen-bond acceptors (Lipinski definition) is 6. The highest BCUT2D eigenvalue weighted by Gasteiger charge is 2.12. The van der Waals surface area contributed by atoms with E-state index in [9.17, 15) is 19.7 Å². The largest absolute Gasteiger partial charge is 0.497 e. The van der Waals surface area contributed by atoms with E-state index in [2.05, 4.69) is 15.8 Å². The number of nitrogens with zero attached hydrogens (tertiary/aromatic N) is 2. The molecule has 2 aromatic rings. The number of benzene rings is 2. The van der Waals surface area contributed by atoms with Crippen molar-refractivity contribution in [2.24, 2.45) is 5.10 Å². The van der Waals surface area contributed by atoms with Crippen LogP contribution in [0.5, 0.6) is 5.75 Å². The molecule has 152 valence electrons. The van der Waals surface area contributed by atoms with E-state index in [-0.39, 0.29) is 30.3 Å². The van der Waals surface area contributed by atoms with Crippen molar-refractivity contribution in [1.82, 2.24) is 5.43 Å². The van der Waals surface area contributed by atoms with Crippen LogP contribution in [0.3, 0.4) is 0 Å². The van der Waals surface area contributed by atoms with Crippen LogP contribution in [0.15, 0.2) is 47.6 Å². The Morgan fingerprint density at radius 1 is 1.14 bits per heavy atom. The second-order valence-corrected chi connectivity index (χ2v) is 6.39. The van der Waals surface area contributed by atoms with E-state index < -0.39 is 4.92 Å². The Labute approximate surface area is 167 Å². The zero-order valence-electron chi connectivity index (χ0n) is 16.4. The van der Waals surface area contributed by atoms with Crippen molar-refractivity contribution in [2.75, 3.05) is 12.4 Å². The molecule has 0 atom stereocenters. The van der Waals surface area contributed by atoms with Gasteiger partial charge in [0.25, 0.3) is 5.69 Å². The summed E-state index contributed by atoms with van der Waals surface area (Å²) in [5.74, 6) is -0.00303. The summed E-state index contributed by atoms with van der Waals surface area (Å²) in [6.07, 6.45) is 0.0742. The number of amides is 2. The molecule has 0 radical (unpaired) electrons. The first-order valence-corrected chi connectivity index (χ1v) is 8.78. The Balaban J connectivity index is 1.88. The summed E-state index contributed by atoms with van der Waals surface area (Å²) in [5, 5.41) is 17.4. The Hall–Kier alpha value is -3.75. The standard InChI is InChI=1S/C20H22N4O5/c1-13-4-7-16(24(27)28)12-18(13)21-19(25)10-14(2)22-23-20(26)11-15-5-8-17(29-3)9-6-15/h4-9,12H,10-11H2,1-3H3,(H,21,25)(H,23,26)/b22-14-. The van der Waals surface area contributed by atoms with Crippen molar-refractivity contribution in [3.05, 3.63) is 63.7 Å². The summed E-state index contributed by atoms with van der Waals surface area (Å²) in [4.78, 5) is 34.5. The van der Waals surface area contributed by atoms with Crippen LogP contribution in [0.4, 0.5) is 11.4 Å². The highest BCUT2D eigenvalue weighted by molar-refractivity contribution is 6.06. The van der Waals surface area contributed by atoms with Crippen molar-refractivity contribution >= 4 is 28.9 Å². The van der Waals surface area contributed by atoms with Crippen LogP contribution in [0.2, 0.25) is 0 Å². The van der Waals surface area contributed by atoms with E-state index in [0.717, 1.165) is 5.56 Å². The highest BCUT2D eigenvalue weighted by atomic mass is 16.6. The molecule has 2 rings (SSSR count). The second kappa shape index (κ2) is 9.98. The molecule has 0 aliphatic rings. The number of nitro benzene ring substituents is 1. The smallest absolute Gasteiger partial charge is 0.271 e. The third-order valence-corrected chi connectivity index (χ3v) is 4.02. The Morgan fingerprint density at radius 2 is 1.83 bits per heavy atom. The molecule has 0 saturated carbocycles. The minimum Gasteiger partial charge on any atom is -0.497 e. The maximum atomic E-state index is 12.2. The van der Waals surface area contributed by atoms with Crippen LogP contribution in [0.25, 0.3) is 0 Å². The minimum absolute atomic E-state index is 0.0645. The van der Waals surface area contributed by atoms with Crippen molar-refractivity contribution in [2.45, 2.75) is 26.7 Å². The van der Waals surface area contributed by atoms with Gasteiger partial charge < -0.3 is 10.1 Å². The number of hydrazone groups is 1. The fourth-order valence-corrected chi connectivity index (χ4v) is 2.45. The maximum absolute atomic E-state index is 12.2. The minimum atomic E-state index is -0.528. The Kier molecular flexibility index (Phi) is 7.41. The van der Waals surface area contributed by atoms with Crippen LogP contribution >= 0.6 is 0 Å². The molecular formula is C20H22N4O5. The predicted octanol–water partition coefficient (Wildman–Crippen LogP) is 2.98. The van der Waals surface area contributed by atoms with E-state index >= 15 is 0 Å². The van der Waals surface area contributed by atoms with Gasteiger partial charge in [0.2, 0.25) is 11.8 Å². The van der Waals surface area contributed by atoms with Gasteiger partial charge in [-0.2, -0.15) is 5.10 Å². The van der Waals surface area contributed by atoms with E-state index in [1.54, 1.807) is 51.3 Å². The lowest BCUT2D eigenvalue weighted by Gasteiger charge is -2.08. The molecule has 0 fully saturated rings. The summed E-state index contributed by atoms with van der Waals surface area (Å²) < 4.78 is 5.06. The van der Waals surface area contributed by atoms with Crippen molar-refractivity contribution < 1.29 is 19.2 Å². The molecule has 2 amide bonds. The van der Waals surface area contributed by atoms with E-state index in [1.807, 2.05) is 0 Å². The first-order chi connectivity index (χ1) is 13.8. The van der Waals surface area contributed by atoms with Gasteiger partial charge in [0, 0.05) is 17.8 Å². The van der Waals surface area contributed by atoms with Gasteiger partial charge in [-0.3, -0.25) is 19.7 Å². The molecule has 9 nitrogen and oxygen atoms in total. The average Bonchev–Trinajstić information content (AvgIpc) is 2.68. The Morgan fingerprint density at radius 3 is 2.45 bits per heavy atom. The number of carbonyl (C=O) groups is 2. The van der Waals surface area contributed by atoms with Gasteiger partial charge >= 0.3 is 0 Å². The lowest BCUT2D eigenvalue weighted by atomic mass is 10.1. The number of hydrogen-bond donors (Lipinski definition) is 2. The van der Waals surface area contributed by atoms with Crippen LogP contribution in [0, 0.1) is 17.0 Å². The Bertz CT molecular complexity index is 938. The van der Waals surface area contributed by atoms with Gasteiger partial charge in [0.15, 0.2) is 0 Å². The molecule has 0 unspecified atom stereocenters. The molecule has 0 saturated heterocycles. The number of ether oxygens (including phenoxy) is 1. The number of carbonyl (C=O) groups excluding carboxylic acids is 2. The van der Waals surface area contributed by atoms with Gasteiger partial charge in [0.1, 0.15) is 5.75 Å². The van der Waals surface area contributed by atoms with E-state index in [1.165, 1.54) is 12.1 Å². The lowest BCUT2D eigenvalue weighted by molar-refractivity contribution is -0.384. The number of rotatable bonds is 8. The van der Waals surface area contributed by atoms with E-state index in [0.29, 0.717) is 22.7 Å². The maximum Gasteiger partial charge on any atom is 0.271 e. The molecule has 0 spiro atoms. The lowest BCUT2D eigenvalue weighted by Crippen LogP contribution is -2.23. The number of methoxy groups -OCH3 is 1. The quantitative estimate of drug-likeness (QED) is 0.402. The predicted molar refractivity (Wildman–Crippen MR) is 109 cm³/mol. The summed E-state index contributed by atoms with van der Waals surface area (Å²) in [6.45, 7) is 3.34. The SMILES string of the molecule is COc1ccc(CC(=O)N/N=C(/C)CC(=O)Nc2cc([N+](=O)[O-])ccc2C)cc1. The zero-order chi connectivity index (χ0) is 21.4. The second-order valence-electron chi connectivity index (χ2n) is 6.39. The molecule has 0 bridgehead atoms. The first-order valence-electron chi connectivity index (χ1n) is 8.78. The molecule has 0 aromatic heterocycles. The van der Waals surface area contributed by atoms with Gasteiger partial charge in [-0.15, -0.1) is 0 Å². The number of non-ortho nitro benzene ring substituents is 1. The molecule has 0 aliphatic heterocycles. The van der Waals surface area contributed by atoms with Gasteiger partial charge in [-0.05, 0) is 37.1 Å². The summed E-state index contributed by atoms with van der Waals surface area (Å²) in [7, 11) is 1.57. The fourth-order valence-electron chi connectivity index (χ4n) is 2.45. The van der Waals surface area contributed by atoms with Crippen LogP contribution in [0.1, 0.15) is 24.5 Å². The molecule has 0 aliphatic carbocycles. The average molecular weight is 398 g/mol. The number of nitrogens with one attached hydrogen (secondary N) is 2. The van der Waals surface area contributed by atoms with Crippen molar-refractivity contribution in [3.63, 3.8) is 0 Å². The van der Waals surface area contributed by atoms with Crippen LogP contribution in [-0.2, 0) is 16.0 Å². The first kappa shape index (κ1) is 21.5. The summed E-state index contributed by atoms with van der Waals surface area (Å²) in [5.41, 5.74) is 4.56. The van der Waals surface area contributed by atoms with Crippen molar-refractivity contribution in [3.8, 4) is 5.75 Å². The highest BCUT2D eigenvalue weighted by Crippen LogP contribution is 2.22.